The first-order valence-corrected chi connectivity index (χ1v) is 5.47. The van der Waals surface area contributed by atoms with Crippen molar-refractivity contribution in [3.8, 4) is 0 Å². The van der Waals surface area contributed by atoms with Gasteiger partial charge >= 0.3 is 0 Å². The lowest BCUT2D eigenvalue weighted by molar-refractivity contribution is 0.782. The van der Waals surface area contributed by atoms with Crippen molar-refractivity contribution in [2.45, 2.75) is 12.8 Å². The van der Waals surface area contributed by atoms with Crippen LogP contribution in [0.25, 0.3) is 10.9 Å². The minimum atomic E-state index is -0.153. The van der Waals surface area contributed by atoms with Crippen molar-refractivity contribution in [3.05, 3.63) is 39.4 Å². The molecule has 3 N–H and O–H groups in total. The summed E-state index contributed by atoms with van der Waals surface area (Å²) in [5.74, 6) is 0.672. The molecular formula is C11H12ClN3O. The van der Waals surface area contributed by atoms with Crippen LogP contribution in [0.4, 0.5) is 0 Å². The molecule has 2 rings (SSSR count). The lowest BCUT2D eigenvalue weighted by Crippen LogP contribution is -2.13. The molecule has 4 nitrogen and oxygen atoms in total. The third kappa shape index (κ3) is 2.23. The van der Waals surface area contributed by atoms with Crippen LogP contribution < -0.4 is 11.3 Å². The molecule has 0 spiro atoms. The summed E-state index contributed by atoms with van der Waals surface area (Å²) in [4.78, 5) is 18.8. The van der Waals surface area contributed by atoms with Crippen molar-refractivity contribution in [3.63, 3.8) is 0 Å². The van der Waals surface area contributed by atoms with E-state index in [-0.39, 0.29) is 5.56 Å². The van der Waals surface area contributed by atoms with Gasteiger partial charge in [-0.15, -0.1) is 0 Å². The minimum absolute atomic E-state index is 0.153. The molecule has 0 bridgehead atoms. The third-order valence-corrected chi connectivity index (χ3v) is 2.57. The summed E-state index contributed by atoms with van der Waals surface area (Å²) in [6.45, 7) is 0.586. The number of rotatable bonds is 3. The Labute approximate surface area is 97.5 Å². The molecule has 0 aliphatic heterocycles. The topological polar surface area (TPSA) is 71.8 Å². The van der Waals surface area contributed by atoms with Crippen LogP contribution in [-0.4, -0.2) is 16.5 Å². The number of hydrogen-bond acceptors (Lipinski definition) is 3. The van der Waals surface area contributed by atoms with Crippen LogP contribution >= 0.6 is 11.6 Å². The maximum absolute atomic E-state index is 11.7. The van der Waals surface area contributed by atoms with E-state index in [1.54, 1.807) is 18.2 Å². The number of aromatic nitrogens is 2. The summed E-state index contributed by atoms with van der Waals surface area (Å²) in [7, 11) is 0. The predicted molar refractivity (Wildman–Crippen MR) is 64.7 cm³/mol. The minimum Gasteiger partial charge on any atom is -0.330 e. The standard InChI is InChI=1S/C11H12ClN3O/c12-7-3-4-9-8(6-7)11(16)15-10(14-9)2-1-5-13/h3-4,6H,1-2,5,13H2,(H,14,15,16). The van der Waals surface area contributed by atoms with E-state index in [9.17, 15) is 4.79 Å². The summed E-state index contributed by atoms with van der Waals surface area (Å²) in [6, 6.07) is 5.09. The van der Waals surface area contributed by atoms with Crippen LogP contribution in [0.15, 0.2) is 23.0 Å². The van der Waals surface area contributed by atoms with Crippen LogP contribution in [0.1, 0.15) is 12.2 Å². The van der Waals surface area contributed by atoms with Crippen LogP contribution in [-0.2, 0) is 6.42 Å². The van der Waals surface area contributed by atoms with E-state index in [0.29, 0.717) is 34.7 Å². The molecule has 0 saturated heterocycles. The van der Waals surface area contributed by atoms with Crippen LogP contribution in [0.3, 0.4) is 0 Å². The second kappa shape index (κ2) is 4.63. The Hall–Kier alpha value is -1.39. The van der Waals surface area contributed by atoms with Gasteiger partial charge in [-0.2, -0.15) is 0 Å². The first-order valence-electron chi connectivity index (χ1n) is 5.09. The summed E-state index contributed by atoms with van der Waals surface area (Å²) >= 11 is 5.82. The van der Waals surface area contributed by atoms with Gasteiger partial charge in [-0.05, 0) is 31.2 Å². The average molecular weight is 238 g/mol. The highest BCUT2D eigenvalue weighted by Gasteiger charge is 2.03. The van der Waals surface area contributed by atoms with E-state index in [2.05, 4.69) is 9.97 Å². The van der Waals surface area contributed by atoms with Gasteiger partial charge in [-0.25, -0.2) is 4.98 Å². The summed E-state index contributed by atoms with van der Waals surface area (Å²) in [6.07, 6.45) is 1.49. The van der Waals surface area contributed by atoms with Gasteiger partial charge in [-0.1, -0.05) is 11.6 Å². The lowest BCUT2D eigenvalue weighted by Gasteiger charge is -2.02. The molecule has 1 aromatic heterocycles. The molecule has 2 aromatic rings. The Kier molecular flexibility index (Phi) is 3.22. The van der Waals surface area contributed by atoms with Crippen molar-refractivity contribution >= 4 is 22.5 Å². The molecule has 0 saturated carbocycles. The summed E-state index contributed by atoms with van der Waals surface area (Å²) in [5.41, 5.74) is 5.92. The quantitative estimate of drug-likeness (QED) is 0.849. The fraction of sp³-hybridized carbons (Fsp3) is 0.273. The molecule has 0 unspecified atom stereocenters. The van der Waals surface area contributed by atoms with Gasteiger partial charge in [0, 0.05) is 11.4 Å². The second-order valence-corrected chi connectivity index (χ2v) is 4.00. The van der Waals surface area contributed by atoms with E-state index < -0.39 is 0 Å². The molecule has 0 atom stereocenters. The largest absolute Gasteiger partial charge is 0.330 e. The molecule has 0 aliphatic carbocycles. The fourth-order valence-electron chi connectivity index (χ4n) is 1.55. The van der Waals surface area contributed by atoms with Crippen molar-refractivity contribution in [2.24, 2.45) is 5.73 Å². The first-order chi connectivity index (χ1) is 7.70. The number of hydrogen-bond donors (Lipinski definition) is 2. The molecule has 0 amide bonds. The number of nitrogens with two attached hydrogens (primary N) is 1. The van der Waals surface area contributed by atoms with Gasteiger partial charge < -0.3 is 10.7 Å². The Bertz CT molecular complexity index is 565. The molecule has 84 valence electrons. The number of nitrogens with one attached hydrogen (secondary N) is 1. The van der Waals surface area contributed by atoms with Crippen molar-refractivity contribution in [2.75, 3.05) is 6.54 Å². The normalized spacial score (nSPS) is 10.9. The second-order valence-electron chi connectivity index (χ2n) is 3.57. The maximum atomic E-state index is 11.7. The van der Waals surface area contributed by atoms with Crippen LogP contribution in [0.2, 0.25) is 5.02 Å². The zero-order valence-corrected chi connectivity index (χ0v) is 9.42. The van der Waals surface area contributed by atoms with Gasteiger partial charge in [0.15, 0.2) is 0 Å². The number of aryl methyl sites for hydroxylation is 1. The van der Waals surface area contributed by atoms with E-state index in [4.69, 9.17) is 17.3 Å². The predicted octanol–water partition coefficient (Wildman–Crippen LogP) is 1.47. The van der Waals surface area contributed by atoms with Gasteiger partial charge in [0.1, 0.15) is 5.82 Å². The highest BCUT2D eigenvalue weighted by atomic mass is 35.5. The zero-order chi connectivity index (χ0) is 11.5. The molecule has 0 aliphatic rings. The lowest BCUT2D eigenvalue weighted by atomic mass is 10.2. The van der Waals surface area contributed by atoms with Gasteiger partial charge in [0.25, 0.3) is 5.56 Å². The average Bonchev–Trinajstić information content (AvgIpc) is 2.27. The molecule has 0 fully saturated rings. The van der Waals surface area contributed by atoms with E-state index >= 15 is 0 Å². The van der Waals surface area contributed by atoms with Gasteiger partial charge in [0.2, 0.25) is 0 Å². The Morgan fingerprint density at radius 3 is 3.00 bits per heavy atom. The van der Waals surface area contributed by atoms with Gasteiger partial charge in [-0.3, -0.25) is 4.79 Å². The van der Waals surface area contributed by atoms with Crippen LogP contribution in [0, 0.1) is 0 Å². The molecule has 16 heavy (non-hydrogen) atoms. The smallest absolute Gasteiger partial charge is 0.258 e. The highest BCUT2D eigenvalue weighted by molar-refractivity contribution is 6.31. The fourth-order valence-corrected chi connectivity index (χ4v) is 1.72. The molecular weight excluding hydrogens is 226 g/mol. The Morgan fingerprint density at radius 1 is 1.44 bits per heavy atom. The van der Waals surface area contributed by atoms with E-state index in [1.807, 2.05) is 0 Å². The third-order valence-electron chi connectivity index (χ3n) is 2.33. The number of nitrogens with zero attached hydrogens (tertiary/aromatic N) is 1. The van der Waals surface area contributed by atoms with Gasteiger partial charge in [0.05, 0.1) is 10.9 Å². The SMILES string of the molecule is NCCCc1nc2ccc(Cl)cc2c(=O)[nH]1. The number of benzene rings is 1. The number of aromatic amines is 1. The number of halogens is 1. The number of H-pyrrole nitrogens is 1. The summed E-state index contributed by atoms with van der Waals surface area (Å²) < 4.78 is 0. The Morgan fingerprint density at radius 2 is 2.25 bits per heavy atom. The van der Waals surface area contributed by atoms with Crippen molar-refractivity contribution < 1.29 is 0 Å². The molecule has 1 aromatic carbocycles. The zero-order valence-electron chi connectivity index (χ0n) is 8.66. The van der Waals surface area contributed by atoms with E-state index in [1.165, 1.54) is 0 Å². The highest BCUT2D eigenvalue weighted by Crippen LogP contribution is 2.14. The molecule has 0 radical (unpaired) electrons. The first kappa shape index (κ1) is 11.1. The van der Waals surface area contributed by atoms with E-state index in [0.717, 1.165) is 6.42 Å². The maximum Gasteiger partial charge on any atom is 0.258 e. The van der Waals surface area contributed by atoms with Crippen LogP contribution in [0.5, 0.6) is 0 Å². The summed E-state index contributed by atoms with van der Waals surface area (Å²) in [5, 5.41) is 1.05. The Balaban J connectivity index is 2.51. The monoisotopic (exact) mass is 237 g/mol. The van der Waals surface area contributed by atoms with Crippen molar-refractivity contribution in [1.82, 2.24) is 9.97 Å². The molecule has 1 heterocycles. The molecule has 5 heteroatoms. The van der Waals surface area contributed by atoms with Crippen molar-refractivity contribution in [1.29, 1.82) is 0 Å². The number of fused-ring (bicyclic) bond motifs is 1.